The second kappa shape index (κ2) is 4.79. The van der Waals surface area contributed by atoms with Crippen molar-refractivity contribution in [2.75, 3.05) is 4.72 Å². The summed E-state index contributed by atoms with van der Waals surface area (Å²) in [6, 6.07) is 5.16. The van der Waals surface area contributed by atoms with E-state index >= 15 is 0 Å². The Morgan fingerprint density at radius 1 is 1.29 bits per heavy atom. The lowest BCUT2D eigenvalue weighted by atomic mass is 10.3. The standard InChI is InChI=1S/C9H7Br2N3O2S/c10-6-1-2-9(8(11)3-6)14-17(15,16)7-4-12-13-5-7/h1-5,14H,(H,12,13). The van der Waals surface area contributed by atoms with Gasteiger partial charge in [-0.15, -0.1) is 0 Å². The summed E-state index contributed by atoms with van der Waals surface area (Å²) >= 11 is 6.58. The van der Waals surface area contributed by atoms with Gasteiger partial charge in [-0.1, -0.05) is 15.9 Å². The Hall–Kier alpha value is -0.860. The molecule has 0 fully saturated rings. The van der Waals surface area contributed by atoms with E-state index in [2.05, 4.69) is 46.8 Å². The van der Waals surface area contributed by atoms with Crippen LogP contribution in [0.25, 0.3) is 0 Å². The number of H-pyrrole nitrogens is 1. The summed E-state index contributed by atoms with van der Waals surface area (Å²) in [5.41, 5.74) is 0.467. The highest BCUT2D eigenvalue weighted by atomic mass is 79.9. The first-order valence-electron chi connectivity index (χ1n) is 4.46. The third kappa shape index (κ3) is 2.88. The summed E-state index contributed by atoms with van der Waals surface area (Å²) in [7, 11) is -3.59. The van der Waals surface area contributed by atoms with E-state index in [9.17, 15) is 8.42 Å². The van der Waals surface area contributed by atoms with E-state index in [0.717, 1.165) is 4.47 Å². The van der Waals surface area contributed by atoms with E-state index in [4.69, 9.17) is 0 Å². The molecular weight excluding hydrogens is 374 g/mol. The third-order valence-corrected chi connectivity index (χ3v) is 4.44. The van der Waals surface area contributed by atoms with Crippen molar-refractivity contribution in [1.29, 1.82) is 0 Å². The number of nitrogens with zero attached hydrogens (tertiary/aromatic N) is 1. The van der Waals surface area contributed by atoms with Gasteiger partial charge >= 0.3 is 0 Å². The van der Waals surface area contributed by atoms with Crippen LogP contribution in [0.3, 0.4) is 0 Å². The molecule has 5 nitrogen and oxygen atoms in total. The highest BCUT2D eigenvalue weighted by molar-refractivity contribution is 9.11. The molecule has 0 radical (unpaired) electrons. The van der Waals surface area contributed by atoms with Crippen molar-refractivity contribution in [3.05, 3.63) is 39.5 Å². The monoisotopic (exact) mass is 379 g/mol. The smallest absolute Gasteiger partial charge is 0.265 e. The van der Waals surface area contributed by atoms with Crippen molar-refractivity contribution in [2.45, 2.75) is 4.90 Å². The lowest BCUT2D eigenvalue weighted by Crippen LogP contribution is -2.12. The van der Waals surface area contributed by atoms with Crippen LogP contribution in [0.1, 0.15) is 0 Å². The van der Waals surface area contributed by atoms with Gasteiger partial charge in [-0.05, 0) is 34.1 Å². The van der Waals surface area contributed by atoms with Gasteiger partial charge in [-0.25, -0.2) is 8.42 Å². The fourth-order valence-corrected chi connectivity index (χ4v) is 3.42. The maximum Gasteiger partial charge on any atom is 0.265 e. The molecule has 2 rings (SSSR count). The molecule has 0 spiro atoms. The van der Waals surface area contributed by atoms with Crippen LogP contribution in [0.2, 0.25) is 0 Å². The third-order valence-electron chi connectivity index (χ3n) is 1.96. The Bertz CT molecular complexity index is 626. The van der Waals surface area contributed by atoms with Crippen molar-refractivity contribution in [1.82, 2.24) is 10.2 Å². The molecule has 90 valence electrons. The minimum atomic E-state index is -3.59. The molecule has 0 bridgehead atoms. The summed E-state index contributed by atoms with van der Waals surface area (Å²) in [6.45, 7) is 0. The Balaban J connectivity index is 2.33. The first-order chi connectivity index (χ1) is 7.99. The zero-order valence-corrected chi connectivity index (χ0v) is 12.3. The summed E-state index contributed by atoms with van der Waals surface area (Å²) in [5.74, 6) is 0. The molecule has 1 aromatic carbocycles. The predicted octanol–water partition coefficient (Wildman–Crippen LogP) is 2.74. The Labute approximate surface area is 115 Å². The molecule has 0 saturated heterocycles. The molecule has 1 aromatic heterocycles. The molecule has 1 heterocycles. The summed E-state index contributed by atoms with van der Waals surface area (Å²) < 4.78 is 27.8. The number of anilines is 1. The fraction of sp³-hybridized carbons (Fsp3) is 0. The summed E-state index contributed by atoms with van der Waals surface area (Å²) in [4.78, 5) is 0.0901. The molecule has 0 amide bonds. The number of benzene rings is 1. The van der Waals surface area contributed by atoms with Gasteiger partial charge in [0.2, 0.25) is 0 Å². The van der Waals surface area contributed by atoms with Gasteiger partial charge in [-0.3, -0.25) is 9.82 Å². The van der Waals surface area contributed by atoms with Crippen LogP contribution in [0, 0.1) is 0 Å². The number of halogens is 2. The second-order valence-corrected chi connectivity index (χ2v) is 6.62. The second-order valence-electron chi connectivity index (χ2n) is 3.16. The van der Waals surface area contributed by atoms with Crippen molar-refractivity contribution < 1.29 is 8.42 Å². The van der Waals surface area contributed by atoms with Crippen molar-refractivity contribution in [3.8, 4) is 0 Å². The Morgan fingerprint density at radius 3 is 2.65 bits per heavy atom. The average molecular weight is 381 g/mol. The van der Waals surface area contributed by atoms with E-state index in [1.807, 2.05) is 0 Å². The largest absolute Gasteiger partial charge is 0.284 e. The van der Waals surface area contributed by atoms with Gasteiger partial charge in [0, 0.05) is 15.1 Å². The van der Waals surface area contributed by atoms with Crippen LogP contribution in [-0.2, 0) is 10.0 Å². The summed E-state index contributed by atoms with van der Waals surface area (Å²) in [6.07, 6.45) is 2.56. The van der Waals surface area contributed by atoms with Crippen molar-refractivity contribution >= 4 is 47.6 Å². The van der Waals surface area contributed by atoms with Gasteiger partial charge < -0.3 is 0 Å². The highest BCUT2D eigenvalue weighted by Gasteiger charge is 2.16. The molecule has 0 atom stereocenters. The molecule has 2 N–H and O–H groups in total. The minimum Gasteiger partial charge on any atom is -0.284 e. The minimum absolute atomic E-state index is 0.0901. The SMILES string of the molecule is O=S(=O)(Nc1ccc(Br)cc1Br)c1cn[nH]c1. The van der Waals surface area contributed by atoms with E-state index in [1.54, 1.807) is 18.2 Å². The normalized spacial score (nSPS) is 11.4. The van der Waals surface area contributed by atoms with E-state index in [-0.39, 0.29) is 4.90 Å². The van der Waals surface area contributed by atoms with Gasteiger partial charge in [0.05, 0.1) is 11.9 Å². The van der Waals surface area contributed by atoms with Crippen molar-refractivity contribution in [3.63, 3.8) is 0 Å². The zero-order valence-electron chi connectivity index (χ0n) is 8.31. The maximum atomic E-state index is 11.9. The van der Waals surface area contributed by atoms with Crippen LogP contribution < -0.4 is 4.72 Å². The quantitative estimate of drug-likeness (QED) is 0.859. The van der Waals surface area contributed by atoms with Gasteiger partial charge in [-0.2, -0.15) is 5.10 Å². The Kier molecular flexibility index (Phi) is 3.55. The molecule has 0 aliphatic heterocycles. The number of nitrogens with one attached hydrogen (secondary N) is 2. The molecular formula is C9H7Br2N3O2S. The fourth-order valence-electron chi connectivity index (χ4n) is 1.16. The molecule has 0 unspecified atom stereocenters. The number of hydrogen-bond donors (Lipinski definition) is 2. The van der Waals surface area contributed by atoms with E-state index in [1.165, 1.54) is 12.4 Å². The van der Waals surface area contributed by atoms with Crippen LogP contribution in [0.5, 0.6) is 0 Å². The van der Waals surface area contributed by atoms with Crippen LogP contribution >= 0.6 is 31.9 Å². The molecule has 0 saturated carbocycles. The van der Waals surface area contributed by atoms with Crippen LogP contribution in [0.4, 0.5) is 5.69 Å². The first-order valence-corrected chi connectivity index (χ1v) is 7.52. The summed E-state index contributed by atoms with van der Waals surface area (Å²) in [5, 5.41) is 6.06. The van der Waals surface area contributed by atoms with Gasteiger partial charge in [0.15, 0.2) is 0 Å². The average Bonchev–Trinajstić information content (AvgIpc) is 2.76. The Morgan fingerprint density at radius 2 is 2.06 bits per heavy atom. The van der Waals surface area contributed by atoms with Gasteiger partial charge in [0.25, 0.3) is 10.0 Å². The van der Waals surface area contributed by atoms with Crippen molar-refractivity contribution in [2.24, 2.45) is 0 Å². The molecule has 8 heteroatoms. The van der Waals surface area contributed by atoms with Gasteiger partial charge in [0.1, 0.15) is 4.90 Å². The number of aromatic amines is 1. The van der Waals surface area contributed by atoms with Crippen LogP contribution in [0.15, 0.2) is 44.4 Å². The van der Waals surface area contributed by atoms with E-state index in [0.29, 0.717) is 10.2 Å². The highest BCUT2D eigenvalue weighted by Crippen LogP contribution is 2.27. The molecule has 17 heavy (non-hydrogen) atoms. The molecule has 0 aliphatic carbocycles. The predicted molar refractivity (Wildman–Crippen MR) is 71.2 cm³/mol. The number of rotatable bonds is 3. The zero-order chi connectivity index (χ0) is 12.5. The van der Waals surface area contributed by atoms with Crippen LogP contribution in [-0.4, -0.2) is 18.6 Å². The molecule has 0 aliphatic rings. The number of sulfonamides is 1. The molecule has 2 aromatic rings. The number of aromatic nitrogens is 2. The first kappa shape index (κ1) is 12.6. The number of hydrogen-bond acceptors (Lipinski definition) is 3. The lowest BCUT2D eigenvalue weighted by Gasteiger charge is -2.08. The topological polar surface area (TPSA) is 74.8 Å². The van der Waals surface area contributed by atoms with E-state index < -0.39 is 10.0 Å². The lowest BCUT2D eigenvalue weighted by molar-refractivity contribution is 0.601. The maximum absolute atomic E-state index is 11.9.